The third-order valence-electron chi connectivity index (χ3n) is 4.50. The zero-order valence-corrected chi connectivity index (χ0v) is 14.5. The predicted molar refractivity (Wildman–Crippen MR) is 96.2 cm³/mol. The lowest BCUT2D eigenvalue weighted by atomic mass is 10.0. The van der Waals surface area contributed by atoms with Gasteiger partial charge in [0.25, 0.3) is 0 Å². The highest BCUT2D eigenvalue weighted by molar-refractivity contribution is 5.99. The van der Waals surface area contributed by atoms with Crippen molar-refractivity contribution in [3.63, 3.8) is 0 Å². The second-order valence-corrected chi connectivity index (χ2v) is 6.49. The molecule has 3 rings (SSSR count). The van der Waals surface area contributed by atoms with Crippen molar-refractivity contribution < 1.29 is 9.59 Å². The van der Waals surface area contributed by atoms with Crippen LogP contribution in [-0.4, -0.2) is 34.0 Å². The first kappa shape index (κ1) is 17.2. The van der Waals surface area contributed by atoms with Crippen LogP contribution in [0.1, 0.15) is 31.2 Å². The number of carbonyl (C=O) groups excluding carboxylic acids is 2. The van der Waals surface area contributed by atoms with Crippen molar-refractivity contribution in [1.29, 1.82) is 0 Å². The van der Waals surface area contributed by atoms with Crippen LogP contribution < -0.4 is 10.2 Å². The summed E-state index contributed by atoms with van der Waals surface area (Å²) in [6, 6.07) is 7.50. The molecule has 6 nitrogen and oxygen atoms in total. The average Bonchev–Trinajstić information content (AvgIpc) is 3.11. The molecule has 25 heavy (non-hydrogen) atoms. The molecule has 1 fully saturated rings. The maximum atomic E-state index is 12.7. The van der Waals surface area contributed by atoms with Crippen molar-refractivity contribution in [2.75, 3.05) is 11.4 Å². The molecule has 2 amide bonds. The van der Waals surface area contributed by atoms with Gasteiger partial charge in [0.15, 0.2) is 0 Å². The lowest BCUT2D eigenvalue weighted by Gasteiger charge is -2.32. The summed E-state index contributed by atoms with van der Waals surface area (Å²) in [5.41, 5.74) is 2.06. The summed E-state index contributed by atoms with van der Waals surface area (Å²) in [4.78, 5) is 30.6. The van der Waals surface area contributed by atoms with Gasteiger partial charge in [-0.2, -0.15) is 0 Å². The maximum absolute atomic E-state index is 12.7. The summed E-state index contributed by atoms with van der Waals surface area (Å²) in [7, 11) is 0. The van der Waals surface area contributed by atoms with Gasteiger partial charge in [-0.15, -0.1) is 0 Å². The minimum absolute atomic E-state index is 0.0157. The number of amides is 2. The number of nitrogens with one attached hydrogen (secondary N) is 1. The topological polar surface area (TPSA) is 67.2 Å². The van der Waals surface area contributed by atoms with Crippen molar-refractivity contribution in [2.45, 2.75) is 45.2 Å². The minimum Gasteiger partial charge on any atom is -0.344 e. The van der Waals surface area contributed by atoms with Crippen molar-refractivity contribution in [3.8, 4) is 0 Å². The smallest absolute Gasteiger partial charge is 0.249 e. The van der Waals surface area contributed by atoms with Gasteiger partial charge in [-0.05, 0) is 38.3 Å². The summed E-state index contributed by atoms with van der Waals surface area (Å²) in [5.74, 6) is -0.0812. The molecule has 0 saturated carbocycles. The molecule has 1 aliphatic heterocycles. The van der Waals surface area contributed by atoms with E-state index in [4.69, 9.17) is 0 Å². The second kappa shape index (κ2) is 7.96. The van der Waals surface area contributed by atoms with Crippen molar-refractivity contribution in [1.82, 2.24) is 14.9 Å². The zero-order chi connectivity index (χ0) is 17.6. The van der Waals surface area contributed by atoms with E-state index in [2.05, 4.69) is 10.3 Å². The van der Waals surface area contributed by atoms with E-state index in [0.29, 0.717) is 19.4 Å². The molecule has 2 aromatic rings. The minimum atomic E-state index is -0.421. The Morgan fingerprint density at radius 2 is 2.12 bits per heavy atom. The first-order valence-corrected chi connectivity index (χ1v) is 8.76. The summed E-state index contributed by atoms with van der Waals surface area (Å²) in [5, 5.41) is 2.90. The molecule has 1 aromatic heterocycles. The van der Waals surface area contributed by atoms with Gasteiger partial charge in [-0.3, -0.25) is 9.59 Å². The standard InChI is InChI=1S/C19H24N4O2/c1-15-6-8-16(9-7-15)23-12-2-4-17(19(23)25)21-18(24)5-3-11-22-13-10-20-14-22/h6-10,13-14,17H,2-5,11-12H2,1H3,(H,21,24)/t17-/m0/s1. The lowest BCUT2D eigenvalue weighted by molar-refractivity contribution is -0.128. The SMILES string of the molecule is Cc1ccc(N2CCC[C@H](NC(=O)CCCn3ccnc3)C2=O)cc1. The Hall–Kier alpha value is -2.63. The van der Waals surface area contributed by atoms with E-state index in [-0.39, 0.29) is 11.8 Å². The van der Waals surface area contributed by atoms with Gasteiger partial charge < -0.3 is 14.8 Å². The Labute approximate surface area is 147 Å². The fourth-order valence-corrected chi connectivity index (χ4v) is 3.10. The Kier molecular flexibility index (Phi) is 5.48. The molecule has 1 aliphatic rings. The first-order valence-electron chi connectivity index (χ1n) is 8.76. The van der Waals surface area contributed by atoms with Gasteiger partial charge in [0.2, 0.25) is 11.8 Å². The average molecular weight is 340 g/mol. The maximum Gasteiger partial charge on any atom is 0.249 e. The summed E-state index contributed by atoms with van der Waals surface area (Å²) < 4.78 is 1.94. The highest BCUT2D eigenvalue weighted by Gasteiger charge is 2.30. The molecular formula is C19H24N4O2. The number of nitrogens with zero attached hydrogens (tertiary/aromatic N) is 3. The molecule has 0 unspecified atom stereocenters. The number of aromatic nitrogens is 2. The molecule has 0 radical (unpaired) electrons. The highest BCUT2D eigenvalue weighted by Crippen LogP contribution is 2.21. The van der Waals surface area contributed by atoms with Crippen LogP contribution in [0.15, 0.2) is 43.0 Å². The Bertz CT molecular complexity index is 710. The number of piperidine rings is 1. The van der Waals surface area contributed by atoms with E-state index < -0.39 is 6.04 Å². The van der Waals surface area contributed by atoms with Crippen LogP contribution in [0.25, 0.3) is 0 Å². The summed E-state index contributed by atoms with van der Waals surface area (Å²) >= 11 is 0. The summed E-state index contributed by atoms with van der Waals surface area (Å²) in [6.45, 7) is 3.48. The van der Waals surface area contributed by atoms with E-state index in [1.165, 1.54) is 0 Å². The van der Waals surface area contributed by atoms with Crippen LogP contribution in [0.4, 0.5) is 5.69 Å². The number of aryl methyl sites for hydroxylation is 2. The highest BCUT2D eigenvalue weighted by atomic mass is 16.2. The number of hydrogen-bond acceptors (Lipinski definition) is 3. The molecule has 132 valence electrons. The van der Waals surface area contributed by atoms with Crippen molar-refractivity contribution >= 4 is 17.5 Å². The van der Waals surface area contributed by atoms with Crippen LogP contribution in [0.3, 0.4) is 0 Å². The number of carbonyl (C=O) groups is 2. The predicted octanol–water partition coefficient (Wildman–Crippen LogP) is 2.28. The van der Waals surface area contributed by atoms with Crippen LogP contribution in [0.2, 0.25) is 0 Å². The van der Waals surface area contributed by atoms with Gasteiger partial charge in [-0.1, -0.05) is 17.7 Å². The van der Waals surface area contributed by atoms with E-state index in [1.54, 1.807) is 17.4 Å². The molecule has 1 N–H and O–H groups in total. The van der Waals surface area contributed by atoms with Gasteiger partial charge in [0.1, 0.15) is 6.04 Å². The molecule has 0 spiro atoms. The molecule has 0 aliphatic carbocycles. The fraction of sp³-hybridized carbons (Fsp3) is 0.421. The Morgan fingerprint density at radius 1 is 1.32 bits per heavy atom. The molecule has 1 atom stereocenters. The number of benzene rings is 1. The van der Waals surface area contributed by atoms with Crippen molar-refractivity contribution in [2.24, 2.45) is 0 Å². The van der Waals surface area contributed by atoms with E-state index in [0.717, 1.165) is 30.6 Å². The number of rotatable bonds is 6. The van der Waals surface area contributed by atoms with Crippen LogP contribution in [0, 0.1) is 6.92 Å². The Morgan fingerprint density at radius 3 is 2.84 bits per heavy atom. The molecule has 2 heterocycles. The quantitative estimate of drug-likeness (QED) is 0.877. The third-order valence-corrected chi connectivity index (χ3v) is 4.50. The first-order chi connectivity index (χ1) is 12.1. The monoisotopic (exact) mass is 340 g/mol. The number of imidazole rings is 1. The molecule has 1 saturated heterocycles. The fourth-order valence-electron chi connectivity index (χ4n) is 3.10. The molecule has 0 bridgehead atoms. The van der Waals surface area contributed by atoms with Gasteiger partial charge in [0.05, 0.1) is 6.33 Å². The van der Waals surface area contributed by atoms with Crippen molar-refractivity contribution in [3.05, 3.63) is 48.5 Å². The zero-order valence-electron chi connectivity index (χ0n) is 14.5. The van der Waals surface area contributed by atoms with E-state index in [9.17, 15) is 9.59 Å². The van der Waals surface area contributed by atoms with Crippen LogP contribution >= 0.6 is 0 Å². The summed E-state index contributed by atoms with van der Waals surface area (Å²) in [6.07, 6.45) is 8.07. The second-order valence-electron chi connectivity index (χ2n) is 6.49. The molecule has 6 heteroatoms. The number of hydrogen-bond donors (Lipinski definition) is 1. The normalized spacial score (nSPS) is 17.6. The largest absolute Gasteiger partial charge is 0.344 e. The third kappa shape index (κ3) is 4.47. The van der Waals surface area contributed by atoms with E-state index in [1.807, 2.05) is 42.0 Å². The van der Waals surface area contributed by atoms with Crippen LogP contribution in [-0.2, 0) is 16.1 Å². The van der Waals surface area contributed by atoms with Gasteiger partial charge in [-0.25, -0.2) is 4.98 Å². The van der Waals surface area contributed by atoms with E-state index >= 15 is 0 Å². The molecule has 1 aromatic carbocycles. The van der Waals surface area contributed by atoms with Gasteiger partial charge in [0, 0.05) is 37.6 Å². The van der Waals surface area contributed by atoms with Gasteiger partial charge >= 0.3 is 0 Å². The Balaban J connectivity index is 1.52. The lowest BCUT2D eigenvalue weighted by Crippen LogP contribution is -2.52. The number of anilines is 1. The molecular weight excluding hydrogens is 316 g/mol. The van der Waals surface area contributed by atoms with Crippen LogP contribution in [0.5, 0.6) is 0 Å².